The number of nitrogens with zero attached hydrogens (tertiary/aromatic N) is 1. The highest BCUT2D eigenvalue weighted by molar-refractivity contribution is 9.24. The summed E-state index contributed by atoms with van der Waals surface area (Å²) in [4.78, 5) is 20.7. The van der Waals surface area contributed by atoms with Crippen LogP contribution in [0.1, 0.15) is 19.7 Å². The highest BCUT2D eigenvalue weighted by Gasteiger charge is 2.20. The fourth-order valence-corrected chi connectivity index (χ4v) is 1.76. The molecule has 0 heterocycles. The van der Waals surface area contributed by atoms with Gasteiger partial charge < -0.3 is 5.11 Å². The van der Waals surface area contributed by atoms with Gasteiger partial charge in [0.1, 0.15) is 3.74 Å². The third-order valence-corrected chi connectivity index (χ3v) is 2.69. The molecule has 7 heteroatoms. The van der Waals surface area contributed by atoms with Gasteiger partial charge in [-0.15, -0.1) is 0 Å². The Labute approximate surface area is 102 Å². The lowest BCUT2D eigenvalue weighted by Gasteiger charge is -2.04. The monoisotopic (exact) mass is 337 g/mol. The zero-order chi connectivity index (χ0) is 11.6. The van der Waals surface area contributed by atoms with E-state index < -0.39 is 14.6 Å². The van der Waals surface area contributed by atoms with E-state index >= 15 is 0 Å². The molecule has 1 rings (SSSR count). The Morgan fingerprint density at radius 3 is 2.47 bits per heavy atom. The molecule has 0 unspecified atom stereocenters. The fraction of sp³-hybridized carbons (Fsp3) is 0.125. The van der Waals surface area contributed by atoms with Crippen LogP contribution in [0.15, 0.2) is 18.2 Å². The average molecular weight is 339 g/mol. The van der Waals surface area contributed by atoms with Crippen molar-refractivity contribution in [1.82, 2.24) is 0 Å². The van der Waals surface area contributed by atoms with E-state index in [0.29, 0.717) is 0 Å². The van der Waals surface area contributed by atoms with Crippen molar-refractivity contribution in [2.75, 3.05) is 0 Å². The van der Waals surface area contributed by atoms with E-state index in [4.69, 9.17) is 5.11 Å². The van der Waals surface area contributed by atoms with Gasteiger partial charge in [-0.2, -0.15) is 0 Å². The van der Waals surface area contributed by atoms with Gasteiger partial charge in [-0.25, -0.2) is 4.79 Å². The van der Waals surface area contributed by atoms with Crippen LogP contribution in [0.3, 0.4) is 0 Å². The maximum absolute atomic E-state index is 10.7. The molecule has 0 aliphatic heterocycles. The van der Waals surface area contributed by atoms with E-state index in [1.165, 1.54) is 18.2 Å². The Kier molecular flexibility index (Phi) is 3.81. The van der Waals surface area contributed by atoms with Crippen LogP contribution >= 0.6 is 31.9 Å². The molecule has 5 nitrogen and oxygen atoms in total. The molecule has 0 aliphatic rings. The van der Waals surface area contributed by atoms with Crippen molar-refractivity contribution in [3.63, 3.8) is 0 Å². The minimum Gasteiger partial charge on any atom is -0.478 e. The number of aromatic carboxylic acids is 1. The molecule has 0 radical (unpaired) electrons. The Bertz CT molecular complexity index is 419. The van der Waals surface area contributed by atoms with Gasteiger partial charge >= 0.3 is 5.97 Å². The Balaban J connectivity index is 3.33. The smallest absolute Gasteiger partial charge is 0.335 e. The van der Waals surface area contributed by atoms with Crippen LogP contribution in [0.25, 0.3) is 0 Å². The summed E-state index contributed by atoms with van der Waals surface area (Å²) in [6, 6.07) is 3.63. The average Bonchev–Trinajstić information content (AvgIpc) is 2.16. The quantitative estimate of drug-likeness (QED) is 0.521. The molecule has 1 aromatic rings. The number of rotatable bonds is 3. The third kappa shape index (κ3) is 2.75. The summed E-state index contributed by atoms with van der Waals surface area (Å²) in [5, 5.41) is 19.3. The number of alkyl halides is 2. The van der Waals surface area contributed by atoms with Crippen LogP contribution in [-0.4, -0.2) is 16.0 Å². The summed E-state index contributed by atoms with van der Waals surface area (Å²) < 4.78 is -0.454. The first-order valence-corrected chi connectivity index (χ1v) is 5.56. The number of nitro groups is 1. The van der Waals surface area contributed by atoms with E-state index in [2.05, 4.69) is 31.9 Å². The minimum absolute atomic E-state index is 0.0134. The summed E-state index contributed by atoms with van der Waals surface area (Å²) in [6.07, 6.45) is 0. The van der Waals surface area contributed by atoms with Gasteiger partial charge in [0.25, 0.3) is 5.69 Å². The first kappa shape index (κ1) is 12.1. The number of carboxylic acid groups (broad SMARTS) is 1. The summed E-state index contributed by atoms with van der Waals surface area (Å²) in [5.41, 5.74) is 0.165. The molecule has 80 valence electrons. The maximum atomic E-state index is 10.7. The fourth-order valence-electron chi connectivity index (χ4n) is 1.03. The number of carboxylic acids is 1. The zero-order valence-corrected chi connectivity index (χ0v) is 10.4. The van der Waals surface area contributed by atoms with Crippen molar-refractivity contribution in [3.8, 4) is 0 Å². The second kappa shape index (κ2) is 4.71. The third-order valence-electron chi connectivity index (χ3n) is 1.71. The van der Waals surface area contributed by atoms with Gasteiger partial charge in [0.15, 0.2) is 0 Å². The Hall–Kier alpha value is -0.950. The molecule has 0 atom stereocenters. The van der Waals surface area contributed by atoms with Crippen LogP contribution in [-0.2, 0) is 0 Å². The van der Waals surface area contributed by atoms with Crippen molar-refractivity contribution < 1.29 is 14.8 Å². The van der Waals surface area contributed by atoms with Crippen molar-refractivity contribution in [3.05, 3.63) is 39.4 Å². The molecular weight excluding hydrogens is 334 g/mol. The largest absolute Gasteiger partial charge is 0.478 e. The number of hydrogen-bond acceptors (Lipinski definition) is 3. The number of carbonyl (C=O) groups is 1. The Morgan fingerprint density at radius 2 is 2.07 bits per heavy atom. The summed E-state index contributed by atoms with van der Waals surface area (Å²) >= 11 is 6.21. The molecule has 0 aliphatic carbocycles. The van der Waals surface area contributed by atoms with E-state index in [-0.39, 0.29) is 16.8 Å². The van der Waals surface area contributed by atoms with Gasteiger partial charge in [-0.05, 0) is 12.1 Å². The van der Waals surface area contributed by atoms with E-state index in [1.54, 1.807) is 0 Å². The van der Waals surface area contributed by atoms with Crippen molar-refractivity contribution >= 4 is 43.5 Å². The van der Waals surface area contributed by atoms with Gasteiger partial charge in [0.2, 0.25) is 0 Å². The lowest BCUT2D eigenvalue weighted by Crippen LogP contribution is -2.00. The predicted molar refractivity (Wildman–Crippen MR) is 60.7 cm³/mol. The molecule has 1 N–H and O–H groups in total. The van der Waals surface area contributed by atoms with E-state index in [0.717, 1.165) is 0 Å². The first-order chi connectivity index (χ1) is 6.93. The number of benzene rings is 1. The van der Waals surface area contributed by atoms with Crippen LogP contribution in [0, 0.1) is 10.1 Å². The van der Waals surface area contributed by atoms with E-state index in [9.17, 15) is 14.9 Å². The summed E-state index contributed by atoms with van der Waals surface area (Å²) in [5.74, 6) is -1.12. The molecule has 0 fully saturated rings. The topological polar surface area (TPSA) is 80.4 Å². The van der Waals surface area contributed by atoms with Gasteiger partial charge in [-0.1, -0.05) is 31.9 Å². The first-order valence-electron chi connectivity index (χ1n) is 3.73. The summed E-state index contributed by atoms with van der Waals surface area (Å²) in [7, 11) is 0. The molecule has 0 spiro atoms. The van der Waals surface area contributed by atoms with Gasteiger partial charge in [-0.3, -0.25) is 10.1 Å². The van der Waals surface area contributed by atoms with Crippen molar-refractivity contribution in [2.45, 2.75) is 3.74 Å². The summed E-state index contributed by atoms with van der Waals surface area (Å²) in [6.45, 7) is 0. The van der Waals surface area contributed by atoms with Crippen LogP contribution in [0.4, 0.5) is 5.69 Å². The van der Waals surface area contributed by atoms with Crippen LogP contribution < -0.4 is 0 Å². The van der Waals surface area contributed by atoms with Crippen molar-refractivity contribution in [2.24, 2.45) is 0 Å². The molecule has 15 heavy (non-hydrogen) atoms. The minimum atomic E-state index is -1.12. The number of nitro benzene ring substituents is 1. The lowest BCUT2D eigenvalue weighted by atomic mass is 10.1. The van der Waals surface area contributed by atoms with Crippen LogP contribution in [0.5, 0.6) is 0 Å². The standard InChI is InChI=1S/C8H5Br2NO4/c9-7(10)5-3-4(8(12)13)1-2-6(5)11(14)15/h1-3,7H,(H,12,13). The number of hydrogen-bond donors (Lipinski definition) is 1. The second-order valence-corrected chi connectivity index (χ2v) is 5.70. The van der Waals surface area contributed by atoms with Crippen molar-refractivity contribution in [1.29, 1.82) is 0 Å². The predicted octanol–water partition coefficient (Wildman–Crippen LogP) is 3.08. The molecule has 0 saturated carbocycles. The molecule has 1 aromatic carbocycles. The Morgan fingerprint density at radius 1 is 1.47 bits per heavy atom. The van der Waals surface area contributed by atoms with Crippen LogP contribution in [0.2, 0.25) is 0 Å². The maximum Gasteiger partial charge on any atom is 0.335 e. The normalized spacial score (nSPS) is 10.3. The van der Waals surface area contributed by atoms with E-state index in [1.807, 2.05) is 0 Å². The number of halogens is 2. The SMILES string of the molecule is O=C(O)c1ccc([N+](=O)[O-])c(C(Br)Br)c1. The highest BCUT2D eigenvalue weighted by atomic mass is 79.9. The van der Waals surface area contributed by atoms with Gasteiger partial charge in [0, 0.05) is 6.07 Å². The molecule has 0 aromatic heterocycles. The molecule has 0 amide bonds. The molecule has 0 saturated heterocycles. The second-order valence-electron chi connectivity index (χ2n) is 2.64. The molecular formula is C8H5Br2NO4. The van der Waals surface area contributed by atoms with Gasteiger partial charge in [0.05, 0.1) is 16.1 Å². The molecule has 0 bridgehead atoms. The lowest BCUT2D eigenvalue weighted by molar-refractivity contribution is -0.385. The highest BCUT2D eigenvalue weighted by Crippen LogP contribution is 2.36. The zero-order valence-electron chi connectivity index (χ0n) is 7.18.